The first kappa shape index (κ1) is 13.5. The Kier molecular flexibility index (Phi) is 3.53. The van der Waals surface area contributed by atoms with E-state index in [9.17, 15) is 5.26 Å². The van der Waals surface area contributed by atoms with Gasteiger partial charge in [-0.1, -0.05) is 18.2 Å². The molecule has 1 aliphatic carbocycles. The highest BCUT2D eigenvalue weighted by atomic mass is 15.2. The summed E-state index contributed by atoms with van der Waals surface area (Å²) >= 11 is 0. The number of rotatable bonds is 4. The van der Waals surface area contributed by atoms with Crippen molar-refractivity contribution in [3.8, 4) is 6.07 Å². The Labute approximate surface area is 125 Å². The first-order chi connectivity index (χ1) is 10.2. The minimum absolute atomic E-state index is 0.552. The maximum atomic E-state index is 9.37. The SMILES string of the molecule is Cc1ccc(C#N)c(N(Cc2ccc(N)cc2)C2CC2)c1. The van der Waals surface area contributed by atoms with Gasteiger partial charge in [-0.25, -0.2) is 0 Å². The van der Waals surface area contributed by atoms with Gasteiger partial charge < -0.3 is 10.6 Å². The van der Waals surface area contributed by atoms with Crippen molar-refractivity contribution in [1.82, 2.24) is 0 Å². The minimum Gasteiger partial charge on any atom is -0.399 e. The Morgan fingerprint density at radius 3 is 2.52 bits per heavy atom. The quantitative estimate of drug-likeness (QED) is 0.868. The predicted molar refractivity (Wildman–Crippen MR) is 86.0 cm³/mol. The molecule has 0 unspecified atom stereocenters. The second-order valence-electron chi connectivity index (χ2n) is 5.73. The van der Waals surface area contributed by atoms with Crippen molar-refractivity contribution < 1.29 is 0 Å². The van der Waals surface area contributed by atoms with Crippen molar-refractivity contribution in [2.24, 2.45) is 0 Å². The third-order valence-electron chi connectivity index (χ3n) is 3.90. The molecular formula is C18H19N3. The fourth-order valence-corrected chi connectivity index (χ4v) is 2.59. The van der Waals surface area contributed by atoms with Crippen LogP contribution >= 0.6 is 0 Å². The summed E-state index contributed by atoms with van der Waals surface area (Å²) < 4.78 is 0. The van der Waals surface area contributed by atoms with E-state index in [-0.39, 0.29) is 0 Å². The van der Waals surface area contributed by atoms with Crippen molar-refractivity contribution in [2.45, 2.75) is 32.4 Å². The summed E-state index contributed by atoms with van der Waals surface area (Å²) in [5, 5.41) is 9.37. The van der Waals surface area contributed by atoms with Gasteiger partial charge in [0.15, 0.2) is 0 Å². The smallest absolute Gasteiger partial charge is 0.101 e. The van der Waals surface area contributed by atoms with Crippen LogP contribution in [0.5, 0.6) is 0 Å². The van der Waals surface area contributed by atoms with Crippen molar-refractivity contribution in [1.29, 1.82) is 5.26 Å². The molecule has 3 nitrogen and oxygen atoms in total. The lowest BCUT2D eigenvalue weighted by Crippen LogP contribution is -2.26. The van der Waals surface area contributed by atoms with Crippen LogP contribution in [0.1, 0.15) is 29.5 Å². The summed E-state index contributed by atoms with van der Waals surface area (Å²) in [5.74, 6) is 0. The minimum atomic E-state index is 0.552. The number of anilines is 2. The molecule has 0 saturated heterocycles. The number of benzene rings is 2. The number of hydrogen-bond acceptors (Lipinski definition) is 3. The van der Waals surface area contributed by atoms with Gasteiger partial charge in [0.25, 0.3) is 0 Å². The number of nitrogens with zero attached hydrogens (tertiary/aromatic N) is 2. The lowest BCUT2D eigenvalue weighted by atomic mass is 10.1. The van der Waals surface area contributed by atoms with E-state index in [1.165, 1.54) is 24.0 Å². The molecule has 2 aromatic rings. The average Bonchev–Trinajstić information content (AvgIpc) is 3.31. The summed E-state index contributed by atoms with van der Waals surface area (Å²) in [4.78, 5) is 2.36. The van der Waals surface area contributed by atoms with Gasteiger partial charge in [-0.05, 0) is 55.2 Å². The fraction of sp³-hybridized carbons (Fsp3) is 0.278. The van der Waals surface area contributed by atoms with E-state index >= 15 is 0 Å². The van der Waals surface area contributed by atoms with Gasteiger partial charge in [0.05, 0.1) is 11.3 Å². The second-order valence-corrected chi connectivity index (χ2v) is 5.73. The van der Waals surface area contributed by atoms with Crippen LogP contribution in [0.15, 0.2) is 42.5 Å². The number of nitrogen functional groups attached to an aromatic ring is 1. The summed E-state index contributed by atoms with van der Waals surface area (Å²) in [7, 11) is 0. The second kappa shape index (κ2) is 5.49. The molecule has 3 rings (SSSR count). The Hall–Kier alpha value is -2.47. The molecule has 2 aromatic carbocycles. The molecule has 106 valence electrons. The van der Waals surface area contributed by atoms with Crippen LogP contribution in [-0.2, 0) is 6.54 Å². The van der Waals surface area contributed by atoms with Gasteiger partial charge in [-0.15, -0.1) is 0 Å². The van der Waals surface area contributed by atoms with Crippen LogP contribution in [0, 0.1) is 18.3 Å². The molecule has 1 saturated carbocycles. The molecular weight excluding hydrogens is 258 g/mol. The zero-order chi connectivity index (χ0) is 14.8. The van der Waals surface area contributed by atoms with Crippen LogP contribution in [0.25, 0.3) is 0 Å². The van der Waals surface area contributed by atoms with Gasteiger partial charge in [-0.3, -0.25) is 0 Å². The van der Waals surface area contributed by atoms with E-state index < -0.39 is 0 Å². The number of nitriles is 1. The number of aryl methyl sites for hydroxylation is 1. The van der Waals surface area contributed by atoms with E-state index in [0.29, 0.717) is 6.04 Å². The molecule has 0 bridgehead atoms. The molecule has 3 heteroatoms. The number of hydrogen-bond donors (Lipinski definition) is 1. The third-order valence-corrected chi connectivity index (χ3v) is 3.90. The standard InChI is InChI=1S/C18H19N3/c1-13-2-5-15(11-19)18(10-13)21(17-8-9-17)12-14-3-6-16(20)7-4-14/h2-7,10,17H,8-9,12,20H2,1H3. The van der Waals surface area contributed by atoms with Crippen LogP contribution in [0.4, 0.5) is 11.4 Å². The predicted octanol–water partition coefficient (Wildman–Crippen LogP) is 3.62. The maximum Gasteiger partial charge on any atom is 0.101 e. The van der Waals surface area contributed by atoms with E-state index in [1.807, 2.05) is 24.3 Å². The lowest BCUT2D eigenvalue weighted by Gasteiger charge is -2.26. The molecule has 1 fully saturated rings. The molecule has 0 radical (unpaired) electrons. The summed E-state index contributed by atoms with van der Waals surface area (Å²) in [6.45, 7) is 2.89. The third kappa shape index (κ3) is 3.00. The Morgan fingerprint density at radius 1 is 1.19 bits per heavy atom. The summed E-state index contributed by atoms with van der Waals surface area (Å²) in [6.07, 6.45) is 2.40. The Morgan fingerprint density at radius 2 is 1.90 bits per heavy atom. The Bertz CT molecular complexity index is 679. The molecule has 1 aliphatic rings. The van der Waals surface area contributed by atoms with Crippen LogP contribution in [-0.4, -0.2) is 6.04 Å². The van der Waals surface area contributed by atoms with Crippen molar-refractivity contribution in [3.63, 3.8) is 0 Å². The monoisotopic (exact) mass is 277 g/mol. The number of nitrogens with two attached hydrogens (primary N) is 1. The largest absolute Gasteiger partial charge is 0.399 e. The van der Waals surface area contributed by atoms with Crippen LogP contribution < -0.4 is 10.6 Å². The zero-order valence-corrected chi connectivity index (χ0v) is 12.2. The van der Waals surface area contributed by atoms with Gasteiger partial charge in [-0.2, -0.15) is 5.26 Å². The maximum absolute atomic E-state index is 9.37. The first-order valence-corrected chi connectivity index (χ1v) is 7.29. The first-order valence-electron chi connectivity index (χ1n) is 7.29. The molecule has 0 amide bonds. The molecule has 0 aliphatic heterocycles. The van der Waals surface area contributed by atoms with Gasteiger partial charge in [0, 0.05) is 18.3 Å². The normalized spacial score (nSPS) is 13.7. The molecule has 0 spiro atoms. The van der Waals surface area contributed by atoms with Crippen molar-refractivity contribution in [2.75, 3.05) is 10.6 Å². The van der Waals surface area contributed by atoms with E-state index in [1.54, 1.807) is 0 Å². The highest BCUT2D eigenvalue weighted by Gasteiger charge is 2.30. The molecule has 2 N–H and O–H groups in total. The van der Waals surface area contributed by atoms with Gasteiger partial charge in [0.1, 0.15) is 6.07 Å². The molecule has 0 heterocycles. The molecule has 0 atom stereocenters. The zero-order valence-electron chi connectivity index (χ0n) is 12.2. The summed E-state index contributed by atoms with van der Waals surface area (Å²) in [5.41, 5.74) is 10.7. The summed E-state index contributed by atoms with van der Waals surface area (Å²) in [6, 6.07) is 16.9. The van der Waals surface area contributed by atoms with Crippen LogP contribution in [0.2, 0.25) is 0 Å². The van der Waals surface area contributed by atoms with Crippen molar-refractivity contribution in [3.05, 3.63) is 59.2 Å². The Balaban J connectivity index is 1.93. The van der Waals surface area contributed by atoms with Crippen molar-refractivity contribution >= 4 is 11.4 Å². The van der Waals surface area contributed by atoms with E-state index in [2.05, 4.69) is 36.1 Å². The lowest BCUT2D eigenvalue weighted by molar-refractivity contribution is 0.792. The van der Waals surface area contributed by atoms with Gasteiger partial charge in [0.2, 0.25) is 0 Å². The average molecular weight is 277 g/mol. The van der Waals surface area contributed by atoms with Crippen LogP contribution in [0.3, 0.4) is 0 Å². The van der Waals surface area contributed by atoms with E-state index in [0.717, 1.165) is 23.5 Å². The molecule has 0 aromatic heterocycles. The molecule has 21 heavy (non-hydrogen) atoms. The highest BCUT2D eigenvalue weighted by Crippen LogP contribution is 2.35. The fourth-order valence-electron chi connectivity index (χ4n) is 2.59. The van der Waals surface area contributed by atoms with Gasteiger partial charge >= 0.3 is 0 Å². The highest BCUT2D eigenvalue weighted by molar-refractivity contribution is 5.62. The van der Waals surface area contributed by atoms with E-state index in [4.69, 9.17) is 5.73 Å². The topological polar surface area (TPSA) is 53.0 Å².